The number of aromatic nitrogens is 3. The van der Waals surface area contributed by atoms with Crippen LogP contribution in [0.5, 0.6) is 11.5 Å². The minimum Gasteiger partial charge on any atom is -0.497 e. The standard InChI is InChI=1S/C31H28N4O4/c1-37-24-10-7-22(8-11-24)33-23-9-12-25-21(14-16-39-29(25)18-23)19-35-28-6-4-3-5-26(28)34-30(35)27-17-20(13-15-32-27)31(36)38-2/h3-13,15,17-18,21,33H,14,16,19H2,1-2H3. The van der Waals surface area contributed by atoms with Gasteiger partial charge in [-0.05, 0) is 66.6 Å². The Morgan fingerprint density at radius 2 is 1.85 bits per heavy atom. The lowest BCUT2D eigenvalue weighted by atomic mass is 9.92. The number of para-hydroxylation sites is 2. The van der Waals surface area contributed by atoms with Gasteiger partial charge in [0.05, 0.1) is 37.4 Å². The van der Waals surface area contributed by atoms with Gasteiger partial charge in [-0.1, -0.05) is 18.2 Å². The van der Waals surface area contributed by atoms with Gasteiger partial charge in [0.25, 0.3) is 0 Å². The zero-order valence-corrected chi connectivity index (χ0v) is 21.8. The predicted octanol–water partition coefficient (Wildman–Crippen LogP) is 6.20. The fourth-order valence-corrected chi connectivity index (χ4v) is 5.05. The Morgan fingerprint density at radius 3 is 2.67 bits per heavy atom. The van der Waals surface area contributed by atoms with Gasteiger partial charge in [-0.2, -0.15) is 0 Å². The summed E-state index contributed by atoms with van der Waals surface area (Å²) in [4.78, 5) is 21.6. The van der Waals surface area contributed by atoms with E-state index in [0.29, 0.717) is 30.2 Å². The molecule has 3 aromatic carbocycles. The highest BCUT2D eigenvalue weighted by Crippen LogP contribution is 2.39. The van der Waals surface area contributed by atoms with Crippen molar-refractivity contribution in [1.29, 1.82) is 0 Å². The van der Waals surface area contributed by atoms with Crippen LogP contribution in [0.15, 0.2) is 85.1 Å². The number of pyridine rings is 1. The van der Waals surface area contributed by atoms with E-state index in [1.165, 1.54) is 7.11 Å². The fourth-order valence-electron chi connectivity index (χ4n) is 5.05. The normalized spacial score (nSPS) is 14.4. The van der Waals surface area contributed by atoms with Crippen molar-refractivity contribution in [1.82, 2.24) is 14.5 Å². The number of carbonyl (C=O) groups excluding carboxylic acids is 1. The van der Waals surface area contributed by atoms with Gasteiger partial charge in [-0.25, -0.2) is 9.78 Å². The summed E-state index contributed by atoms with van der Waals surface area (Å²) in [6.45, 7) is 1.32. The van der Waals surface area contributed by atoms with Crippen molar-refractivity contribution in [3.05, 3.63) is 96.2 Å². The van der Waals surface area contributed by atoms with E-state index in [-0.39, 0.29) is 5.92 Å². The Kier molecular flexibility index (Phi) is 6.59. The lowest BCUT2D eigenvalue weighted by molar-refractivity contribution is 0.0600. The number of benzene rings is 3. The first-order valence-corrected chi connectivity index (χ1v) is 12.8. The van der Waals surface area contributed by atoms with Crippen LogP contribution in [0.1, 0.15) is 28.3 Å². The molecule has 1 aliphatic rings. The van der Waals surface area contributed by atoms with Crippen LogP contribution in [0, 0.1) is 0 Å². The molecular weight excluding hydrogens is 492 g/mol. The molecule has 2 aromatic heterocycles. The van der Waals surface area contributed by atoms with Crippen LogP contribution in [-0.2, 0) is 11.3 Å². The molecule has 3 heterocycles. The number of nitrogens with one attached hydrogen (secondary N) is 1. The number of ether oxygens (including phenoxy) is 3. The molecule has 8 heteroatoms. The van der Waals surface area contributed by atoms with Gasteiger partial charge in [-0.3, -0.25) is 4.98 Å². The van der Waals surface area contributed by atoms with E-state index < -0.39 is 5.97 Å². The van der Waals surface area contributed by atoms with Gasteiger partial charge in [0.15, 0.2) is 5.82 Å². The maximum Gasteiger partial charge on any atom is 0.337 e. The Balaban J connectivity index is 1.32. The molecule has 1 N–H and O–H groups in total. The maximum atomic E-state index is 12.2. The van der Waals surface area contributed by atoms with Crippen LogP contribution >= 0.6 is 0 Å². The number of fused-ring (bicyclic) bond motifs is 2. The number of anilines is 2. The number of esters is 1. The second-order valence-corrected chi connectivity index (χ2v) is 9.40. The first kappa shape index (κ1) is 24.5. The third kappa shape index (κ3) is 4.88. The molecule has 0 saturated carbocycles. The summed E-state index contributed by atoms with van der Waals surface area (Å²) in [6, 6.07) is 25.5. The van der Waals surface area contributed by atoms with Crippen LogP contribution < -0.4 is 14.8 Å². The Morgan fingerprint density at radius 1 is 1.03 bits per heavy atom. The average molecular weight is 521 g/mol. The topological polar surface area (TPSA) is 87.5 Å². The number of rotatable bonds is 7. The average Bonchev–Trinajstić information content (AvgIpc) is 3.35. The molecule has 0 radical (unpaired) electrons. The van der Waals surface area contributed by atoms with E-state index in [0.717, 1.165) is 45.9 Å². The van der Waals surface area contributed by atoms with Crippen LogP contribution in [0.25, 0.3) is 22.6 Å². The van der Waals surface area contributed by atoms with E-state index >= 15 is 0 Å². The molecule has 8 nitrogen and oxygen atoms in total. The minimum absolute atomic E-state index is 0.212. The minimum atomic E-state index is -0.404. The van der Waals surface area contributed by atoms with Crippen LogP contribution in [-0.4, -0.2) is 41.3 Å². The lowest BCUT2D eigenvalue weighted by Crippen LogP contribution is -2.19. The molecule has 5 aromatic rings. The van der Waals surface area contributed by atoms with Crippen molar-refractivity contribution in [2.75, 3.05) is 26.1 Å². The molecule has 1 unspecified atom stereocenters. The van der Waals surface area contributed by atoms with Gasteiger partial charge in [0, 0.05) is 36.1 Å². The SMILES string of the molecule is COC(=O)c1ccnc(-c2nc3ccccc3n2CC2CCOc3cc(Nc4ccc(OC)cc4)ccc32)c1. The molecule has 6 rings (SSSR count). The van der Waals surface area contributed by atoms with Crippen molar-refractivity contribution < 1.29 is 19.0 Å². The van der Waals surface area contributed by atoms with Crippen LogP contribution in [0.3, 0.4) is 0 Å². The van der Waals surface area contributed by atoms with E-state index in [1.54, 1.807) is 25.4 Å². The number of hydrogen-bond acceptors (Lipinski definition) is 7. The third-order valence-electron chi connectivity index (χ3n) is 7.02. The molecule has 1 aliphatic heterocycles. The van der Waals surface area contributed by atoms with Gasteiger partial charge in [0.1, 0.15) is 17.2 Å². The quantitative estimate of drug-likeness (QED) is 0.256. The van der Waals surface area contributed by atoms with Crippen molar-refractivity contribution in [3.63, 3.8) is 0 Å². The highest BCUT2D eigenvalue weighted by molar-refractivity contribution is 5.90. The Hall–Kier alpha value is -4.85. The zero-order chi connectivity index (χ0) is 26.8. The number of imidazole rings is 1. The second kappa shape index (κ2) is 10.5. The molecule has 0 amide bonds. The largest absolute Gasteiger partial charge is 0.497 e. The van der Waals surface area contributed by atoms with Crippen LogP contribution in [0.4, 0.5) is 11.4 Å². The predicted molar refractivity (Wildman–Crippen MR) is 150 cm³/mol. The molecule has 39 heavy (non-hydrogen) atoms. The summed E-state index contributed by atoms with van der Waals surface area (Å²) in [5, 5.41) is 3.44. The molecule has 0 spiro atoms. The maximum absolute atomic E-state index is 12.2. The number of methoxy groups -OCH3 is 2. The van der Waals surface area contributed by atoms with Crippen molar-refractivity contribution in [2.24, 2.45) is 0 Å². The molecule has 196 valence electrons. The first-order chi connectivity index (χ1) is 19.1. The number of nitrogens with zero attached hydrogens (tertiary/aromatic N) is 3. The molecule has 0 bridgehead atoms. The van der Waals surface area contributed by atoms with E-state index in [9.17, 15) is 4.79 Å². The van der Waals surface area contributed by atoms with Gasteiger partial charge in [0.2, 0.25) is 0 Å². The monoisotopic (exact) mass is 520 g/mol. The smallest absolute Gasteiger partial charge is 0.337 e. The zero-order valence-electron chi connectivity index (χ0n) is 21.8. The summed E-state index contributed by atoms with van der Waals surface area (Å²) in [5.41, 5.74) is 6.04. The highest BCUT2D eigenvalue weighted by Gasteiger charge is 2.25. The lowest BCUT2D eigenvalue weighted by Gasteiger charge is -2.27. The van der Waals surface area contributed by atoms with Crippen LogP contribution in [0.2, 0.25) is 0 Å². The van der Waals surface area contributed by atoms with Crippen molar-refractivity contribution >= 4 is 28.4 Å². The number of carbonyl (C=O) groups is 1. The summed E-state index contributed by atoms with van der Waals surface area (Å²) >= 11 is 0. The second-order valence-electron chi connectivity index (χ2n) is 9.40. The summed E-state index contributed by atoms with van der Waals surface area (Å²) in [5.74, 6) is 2.22. The van der Waals surface area contributed by atoms with E-state index in [1.807, 2.05) is 42.5 Å². The summed E-state index contributed by atoms with van der Waals surface area (Å²) in [6.07, 6.45) is 2.49. The molecule has 1 atom stereocenters. The summed E-state index contributed by atoms with van der Waals surface area (Å²) in [7, 11) is 3.03. The highest BCUT2D eigenvalue weighted by atomic mass is 16.5. The molecule has 0 aliphatic carbocycles. The third-order valence-corrected chi connectivity index (χ3v) is 7.02. The number of hydrogen-bond donors (Lipinski definition) is 1. The Labute approximate surface area is 226 Å². The van der Waals surface area contributed by atoms with E-state index in [2.05, 4.69) is 39.1 Å². The van der Waals surface area contributed by atoms with Crippen molar-refractivity contribution in [2.45, 2.75) is 18.9 Å². The molecular formula is C31H28N4O4. The molecule has 0 fully saturated rings. The van der Waals surface area contributed by atoms with Gasteiger partial charge >= 0.3 is 5.97 Å². The molecule has 0 saturated heterocycles. The first-order valence-electron chi connectivity index (χ1n) is 12.8. The van der Waals surface area contributed by atoms with Crippen molar-refractivity contribution in [3.8, 4) is 23.0 Å². The van der Waals surface area contributed by atoms with Gasteiger partial charge < -0.3 is 24.1 Å². The van der Waals surface area contributed by atoms with Gasteiger partial charge in [-0.15, -0.1) is 0 Å². The summed E-state index contributed by atoms with van der Waals surface area (Å²) < 4.78 is 18.5. The fraction of sp³-hybridized carbons (Fsp3) is 0.194. The van der Waals surface area contributed by atoms with E-state index in [4.69, 9.17) is 19.2 Å². The Bertz CT molecular complexity index is 1640.